The van der Waals surface area contributed by atoms with Crippen LogP contribution in [0, 0.1) is 13.8 Å². The second-order valence-corrected chi connectivity index (χ2v) is 5.26. The first-order valence-corrected chi connectivity index (χ1v) is 6.88. The zero-order chi connectivity index (χ0) is 13.1. The van der Waals surface area contributed by atoms with Gasteiger partial charge in [-0.3, -0.25) is 5.84 Å². The van der Waals surface area contributed by atoms with Crippen molar-refractivity contribution in [2.75, 3.05) is 0 Å². The summed E-state index contributed by atoms with van der Waals surface area (Å²) in [6, 6.07) is 4.17. The number of nitrogens with one attached hydrogen (secondary N) is 1. The van der Waals surface area contributed by atoms with Gasteiger partial charge in [0.15, 0.2) is 0 Å². The summed E-state index contributed by atoms with van der Waals surface area (Å²) >= 11 is 1.71. The lowest BCUT2D eigenvalue weighted by molar-refractivity contribution is 0.628. The van der Waals surface area contributed by atoms with Gasteiger partial charge in [-0.2, -0.15) is 10.2 Å². The predicted octanol–water partition coefficient (Wildman–Crippen LogP) is 2.27. The molecule has 2 heterocycles. The SMILES string of the molecule is CCc1nnc(C)cc1C(NN)c1sccc1C. The van der Waals surface area contributed by atoms with Crippen molar-refractivity contribution < 1.29 is 0 Å². The minimum Gasteiger partial charge on any atom is -0.271 e. The van der Waals surface area contributed by atoms with Gasteiger partial charge in [-0.25, -0.2) is 5.43 Å². The summed E-state index contributed by atoms with van der Waals surface area (Å²) < 4.78 is 0. The van der Waals surface area contributed by atoms with Crippen molar-refractivity contribution in [3.63, 3.8) is 0 Å². The molecule has 0 aliphatic heterocycles. The third-order valence-corrected chi connectivity index (χ3v) is 4.09. The standard InChI is InChI=1S/C13H18N4S/c1-4-11-10(7-9(3)16-17-11)12(15-14)13-8(2)5-6-18-13/h5-7,12,15H,4,14H2,1-3H3. The van der Waals surface area contributed by atoms with Crippen LogP contribution in [0.4, 0.5) is 0 Å². The second kappa shape index (κ2) is 5.56. The molecule has 0 amide bonds. The Bertz CT molecular complexity index is 536. The van der Waals surface area contributed by atoms with Crippen molar-refractivity contribution in [2.45, 2.75) is 33.2 Å². The molecule has 2 aromatic heterocycles. The van der Waals surface area contributed by atoms with E-state index in [-0.39, 0.29) is 6.04 Å². The van der Waals surface area contributed by atoms with Crippen LogP contribution in [0.2, 0.25) is 0 Å². The first-order valence-electron chi connectivity index (χ1n) is 6.00. The number of aromatic nitrogens is 2. The molecule has 0 aliphatic rings. The van der Waals surface area contributed by atoms with Crippen molar-refractivity contribution in [3.05, 3.63) is 44.9 Å². The van der Waals surface area contributed by atoms with E-state index < -0.39 is 0 Å². The lowest BCUT2D eigenvalue weighted by atomic mass is 10.0. The molecular weight excluding hydrogens is 244 g/mol. The van der Waals surface area contributed by atoms with Crippen LogP contribution < -0.4 is 11.3 Å². The molecule has 0 aliphatic carbocycles. The zero-order valence-electron chi connectivity index (χ0n) is 10.9. The van der Waals surface area contributed by atoms with Gasteiger partial charge in [0, 0.05) is 10.4 Å². The van der Waals surface area contributed by atoms with Crippen LogP contribution >= 0.6 is 11.3 Å². The molecular formula is C13H18N4S. The van der Waals surface area contributed by atoms with Crippen LogP contribution in [0.15, 0.2) is 17.5 Å². The Labute approximate surface area is 111 Å². The molecule has 4 nitrogen and oxygen atoms in total. The minimum absolute atomic E-state index is 0.00542. The highest BCUT2D eigenvalue weighted by atomic mass is 32.1. The highest BCUT2D eigenvalue weighted by Crippen LogP contribution is 2.30. The van der Waals surface area contributed by atoms with E-state index in [1.807, 2.05) is 6.92 Å². The van der Waals surface area contributed by atoms with E-state index in [9.17, 15) is 0 Å². The summed E-state index contributed by atoms with van der Waals surface area (Å²) in [4.78, 5) is 1.24. The maximum atomic E-state index is 5.75. The van der Waals surface area contributed by atoms with Gasteiger partial charge >= 0.3 is 0 Å². The monoisotopic (exact) mass is 262 g/mol. The highest BCUT2D eigenvalue weighted by molar-refractivity contribution is 7.10. The van der Waals surface area contributed by atoms with Crippen LogP contribution in [0.1, 0.15) is 40.4 Å². The molecule has 2 aromatic rings. The fraction of sp³-hybridized carbons (Fsp3) is 0.385. The first kappa shape index (κ1) is 13.1. The number of hydrogen-bond acceptors (Lipinski definition) is 5. The highest BCUT2D eigenvalue weighted by Gasteiger charge is 2.20. The molecule has 3 N–H and O–H groups in total. The van der Waals surface area contributed by atoms with Crippen LogP contribution in [0.5, 0.6) is 0 Å². The molecule has 5 heteroatoms. The lowest BCUT2D eigenvalue weighted by Crippen LogP contribution is -2.30. The Balaban J connectivity index is 2.51. The smallest absolute Gasteiger partial charge is 0.0824 e. The Morgan fingerprint density at radius 2 is 2.17 bits per heavy atom. The molecule has 1 atom stereocenters. The summed E-state index contributed by atoms with van der Waals surface area (Å²) in [6.45, 7) is 6.13. The van der Waals surface area contributed by atoms with Crippen LogP contribution in [-0.2, 0) is 6.42 Å². The van der Waals surface area contributed by atoms with Crippen LogP contribution in [0.25, 0.3) is 0 Å². The summed E-state index contributed by atoms with van der Waals surface area (Å²) in [7, 11) is 0. The number of nitrogens with zero attached hydrogens (tertiary/aromatic N) is 2. The van der Waals surface area contributed by atoms with E-state index in [4.69, 9.17) is 5.84 Å². The van der Waals surface area contributed by atoms with Gasteiger partial charge in [0.25, 0.3) is 0 Å². The maximum absolute atomic E-state index is 5.75. The molecule has 0 saturated heterocycles. The van der Waals surface area contributed by atoms with Gasteiger partial charge < -0.3 is 0 Å². The lowest BCUT2D eigenvalue weighted by Gasteiger charge is -2.18. The Morgan fingerprint density at radius 3 is 2.72 bits per heavy atom. The summed E-state index contributed by atoms with van der Waals surface area (Å²) in [6.07, 6.45) is 0.852. The predicted molar refractivity (Wildman–Crippen MR) is 74.4 cm³/mol. The zero-order valence-corrected chi connectivity index (χ0v) is 11.7. The topological polar surface area (TPSA) is 63.8 Å². The third-order valence-electron chi connectivity index (χ3n) is 3.00. The largest absolute Gasteiger partial charge is 0.271 e. The molecule has 0 spiro atoms. The van der Waals surface area contributed by atoms with Crippen molar-refractivity contribution in [1.29, 1.82) is 0 Å². The third kappa shape index (κ3) is 2.43. The minimum atomic E-state index is -0.00542. The van der Waals surface area contributed by atoms with Gasteiger partial charge in [0.1, 0.15) is 0 Å². The van der Waals surface area contributed by atoms with Gasteiger partial charge in [-0.15, -0.1) is 11.3 Å². The molecule has 96 valence electrons. The number of aryl methyl sites for hydroxylation is 3. The van der Waals surface area contributed by atoms with E-state index in [1.54, 1.807) is 11.3 Å². The molecule has 2 rings (SSSR count). The van der Waals surface area contributed by atoms with Gasteiger partial charge in [0.2, 0.25) is 0 Å². The Morgan fingerprint density at radius 1 is 1.39 bits per heavy atom. The van der Waals surface area contributed by atoms with Gasteiger partial charge in [-0.1, -0.05) is 6.92 Å². The van der Waals surface area contributed by atoms with E-state index in [0.29, 0.717) is 0 Å². The second-order valence-electron chi connectivity index (χ2n) is 4.31. The van der Waals surface area contributed by atoms with Gasteiger partial charge in [0.05, 0.1) is 17.4 Å². The van der Waals surface area contributed by atoms with Gasteiger partial charge in [-0.05, 0) is 43.3 Å². The number of hydrazine groups is 1. The van der Waals surface area contributed by atoms with E-state index >= 15 is 0 Å². The maximum Gasteiger partial charge on any atom is 0.0824 e. The number of nitrogens with two attached hydrogens (primary N) is 1. The van der Waals surface area contributed by atoms with Crippen molar-refractivity contribution in [3.8, 4) is 0 Å². The van der Waals surface area contributed by atoms with Crippen molar-refractivity contribution in [2.24, 2.45) is 5.84 Å². The molecule has 0 fully saturated rings. The summed E-state index contributed by atoms with van der Waals surface area (Å²) in [5.74, 6) is 5.75. The summed E-state index contributed by atoms with van der Waals surface area (Å²) in [5.41, 5.74) is 7.19. The number of rotatable bonds is 4. The van der Waals surface area contributed by atoms with Crippen LogP contribution in [-0.4, -0.2) is 10.2 Å². The van der Waals surface area contributed by atoms with Crippen molar-refractivity contribution in [1.82, 2.24) is 15.6 Å². The average molecular weight is 262 g/mol. The first-order chi connectivity index (χ1) is 8.67. The molecule has 0 aromatic carbocycles. The molecule has 0 radical (unpaired) electrons. The fourth-order valence-corrected chi connectivity index (χ4v) is 3.05. The van der Waals surface area contributed by atoms with E-state index in [0.717, 1.165) is 23.4 Å². The number of thiophene rings is 1. The Hall–Kier alpha value is -1.30. The molecule has 0 bridgehead atoms. The normalized spacial score (nSPS) is 12.7. The number of hydrogen-bond donors (Lipinski definition) is 2. The quantitative estimate of drug-likeness (QED) is 0.655. The molecule has 18 heavy (non-hydrogen) atoms. The fourth-order valence-electron chi connectivity index (χ4n) is 2.05. The van der Waals surface area contributed by atoms with E-state index in [1.165, 1.54) is 10.4 Å². The van der Waals surface area contributed by atoms with Crippen molar-refractivity contribution >= 4 is 11.3 Å². The Kier molecular flexibility index (Phi) is 4.06. The van der Waals surface area contributed by atoms with Crippen LogP contribution in [0.3, 0.4) is 0 Å². The van der Waals surface area contributed by atoms with E-state index in [2.05, 4.69) is 47.0 Å². The summed E-state index contributed by atoms with van der Waals surface area (Å²) in [5, 5.41) is 10.5. The molecule has 1 unspecified atom stereocenters. The average Bonchev–Trinajstić information content (AvgIpc) is 2.77. The molecule has 0 saturated carbocycles.